The minimum atomic E-state index is -0.0942. The van der Waals surface area contributed by atoms with Gasteiger partial charge in [0.2, 0.25) is 5.78 Å². The summed E-state index contributed by atoms with van der Waals surface area (Å²) >= 11 is 0. The van der Waals surface area contributed by atoms with Gasteiger partial charge in [0.25, 0.3) is 0 Å². The Balaban J connectivity index is 2.00. The molecule has 1 aromatic carbocycles. The average molecular weight is 266 g/mol. The molecule has 0 radical (unpaired) electrons. The molecule has 0 amide bonds. The van der Waals surface area contributed by atoms with Crippen molar-refractivity contribution in [2.75, 3.05) is 0 Å². The van der Waals surface area contributed by atoms with Crippen LogP contribution in [0.2, 0.25) is 0 Å². The van der Waals surface area contributed by atoms with Gasteiger partial charge in [0.1, 0.15) is 0 Å². The van der Waals surface area contributed by atoms with Crippen molar-refractivity contribution in [3.05, 3.63) is 66.0 Å². The zero-order chi connectivity index (χ0) is 14.1. The number of nitrogens with zero attached hydrogens (tertiary/aromatic N) is 4. The van der Waals surface area contributed by atoms with E-state index >= 15 is 0 Å². The monoisotopic (exact) mass is 266 g/mol. The number of hydrogen-bond acceptors (Lipinski definition) is 3. The lowest BCUT2D eigenvalue weighted by Crippen LogP contribution is -2.09. The molecular weight excluding hydrogens is 252 g/mol. The predicted octanol–water partition coefficient (Wildman–Crippen LogP) is 2.15. The fraction of sp³-hybridized carbons (Fsp3) is 0.133. The Labute approximate surface area is 116 Å². The molecule has 2 aromatic heterocycles. The molecule has 100 valence electrons. The second-order valence-electron chi connectivity index (χ2n) is 4.70. The molecule has 5 nitrogen and oxygen atoms in total. The van der Waals surface area contributed by atoms with Gasteiger partial charge in [-0.3, -0.25) is 4.79 Å². The fourth-order valence-electron chi connectivity index (χ4n) is 2.06. The van der Waals surface area contributed by atoms with Crippen LogP contribution in [0, 0.1) is 6.92 Å². The van der Waals surface area contributed by atoms with E-state index in [1.807, 2.05) is 31.3 Å². The zero-order valence-corrected chi connectivity index (χ0v) is 11.3. The third-order valence-corrected chi connectivity index (χ3v) is 3.11. The molecule has 3 rings (SSSR count). The van der Waals surface area contributed by atoms with Gasteiger partial charge in [-0.15, -0.1) is 0 Å². The molecule has 20 heavy (non-hydrogen) atoms. The molecule has 0 unspecified atom stereocenters. The molecule has 0 N–H and O–H groups in total. The van der Waals surface area contributed by atoms with Gasteiger partial charge >= 0.3 is 0 Å². The lowest BCUT2D eigenvalue weighted by atomic mass is 10.1. The standard InChI is InChI=1S/C15H14N4O/c1-11-9-17-19(10-11)13-5-3-4-12(8-13)14(20)15-16-6-7-18(15)2/h3-10H,1-2H3. The number of carbonyl (C=O) groups excluding carboxylic acids is 1. The van der Waals surface area contributed by atoms with Crippen molar-refractivity contribution < 1.29 is 4.79 Å². The van der Waals surface area contributed by atoms with E-state index in [0.717, 1.165) is 11.3 Å². The fourth-order valence-corrected chi connectivity index (χ4v) is 2.06. The first kappa shape index (κ1) is 12.3. The Morgan fingerprint density at radius 2 is 2.15 bits per heavy atom. The zero-order valence-electron chi connectivity index (χ0n) is 11.3. The van der Waals surface area contributed by atoms with Gasteiger partial charge in [-0.25, -0.2) is 9.67 Å². The van der Waals surface area contributed by atoms with E-state index in [1.165, 1.54) is 0 Å². The van der Waals surface area contributed by atoms with E-state index in [-0.39, 0.29) is 5.78 Å². The molecule has 3 aromatic rings. The topological polar surface area (TPSA) is 52.7 Å². The molecule has 0 aliphatic carbocycles. The lowest BCUT2D eigenvalue weighted by Gasteiger charge is -2.05. The summed E-state index contributed by atoms with van der Waals surface area (Å²) in [5, 5.41) is 4.25. The van der Waals surface area contributed by atoms with E-state index in [0.29, 0.717) is 11.4 Å². The molecule has 0 spiro atoms. The van der Waals surface area contributed by atoms with Crippen molar-refractivity contribution in [1.82, 2.24) is 19.3 Å². The van der Waals surface area contributed by atoms with Crippen LogP contribution in [-0.4, -0.2) is 25.1 Å². The molecule has 0 aliphatic heterocycles. The highest BCUT2D eigenvalue weighted by Gasteiger charge is 2.14. The molecular formula is C15H14N4O. The van der Waals surface area contributed by atoms with Gasteiger partial charge in [-0.1, -0.05) is 12.1 Å². The Kier molecular flexibility index (Phi) is 2.95. The van der Waals surface area contributed by atoms with E-state index < -0.39 is 0 Å². The van der Waals surface area contributed by atoms with Gasteiger partial charge in [0.15, 0.2) is 5.82 Å². The first-order valence-corrected chi connectivity index (χ1v) is 6.29. The lowest BCUT2D eigenvalue weighted by molar-refractivity contribution is 0.102. The minimum absolute atomic E-state index is 0.0942. The molecule has 2 heterocycles. The molecule has 0 fully saturated rings. The second kappa shape index (κ2) is 4.77. The van der Waals surface area contributed by atoms with Crippen molar-refractivity contribution in [3.8, 4) is 5.69 Å². The number of carbonyl (C=O) groups is 1. The summed E-state index contributed by atoms with van der Waals surface area (Å²) in [4.78, 5) is 16.5. The van der Waals surface area contributed by atoms with Gasteiger partial charge in [0, 0.05) is 31.2 Å². The SMILES string of the molecule is Cc1cnn(-c2cccc(C(=O)c3nccn3C)c2)c1. The summed E-state index contributed by atoms with van der Waals surface area (Å²) in [6.45, 7) is 1.98. The van der Waals surface area contributed by atoms with Crippen LogP contribution >= 0.6 is 0 Å². The smallest absolute Gasteiger partial charge is 0.228 e. The van der Waals surface area contributed by atoms with E-state index in [4.69, 9.17) is 0 Å². The van der Waals surface area contributed by atoms with Crippen molar-refractivity contribution in [3.63, 3.8) is 0 Å². The summed E-state index contributed by atoms with van der Waals surface area (Å²) in [5.41, 5.74) is 2.54. The normalized spacial score (nSPS) is 10.7. The van der Waals surface area contributed by atoms with Crippen LogP contribution in [0.25, 0.3) is 5.69 Å². The maximum absolute atomic E-state index is 12.4. The second-order valence-corrected chi connectivity index (χ2v) is 4.70. The van der Waals surface area contributed by atoms with E-state index in [9.17, 15) is 4.79 Å². The Morgan fingerprint density at radius 1 is 1.30 bits per heavy atom. The van der Waals surface area contributed by atoms with Crippen LogP contribution in [0.1, 0.15) is 21.7 Å². The van der Waals surface area contributed by atoms with Crippen molar-refractivity contribution in [2.45, 2.75) is 6.92 Å². The molecule has 0 saturated carbocycles. The Morgan fingerprint density at radius 3 is 2.80 bits per heavy atom. The first-order valence-electron chi connectivity index (χ1n) is 6.29. The van der Waals surface area contributed by atoms with Crippen LogP contribution < -0.4 is 0 Å². The first-order chi connectivity index (χ1) is 9.65. The Hall–Kier alpha value is -2.69. The minimum Gasteiger partial charge on any atom is -0.331 e. The van der Waals surface area contributed by atoms with Gasteiger partial charge in [-0.2, -0.15) is 5.10 Å². The van der Waals surface area contributed by atoms with Crippen molar-refractivity contribution >= 4 is 5.78 Å². The number of benzene rings is 1. The van der Waals surface area contributed by atoms with Gasteiger partial charge in [-0.05, 0) is 24.6 Å². The summed E-state index contributed by atoms with van der Waals surface area (Å²) < 4.78 is 3.47. The summed E-state index contributed by atoms with van der Waals surface area (Å²) in [7, 11) is 1.81. The molecule has 0 atom stereocenters. The molecule has 0 saturated heterocycles. The number of imidazole rings is 1. The van der Waals surface area contributed by atoms with Crippen LogP contribution in [0.3, 0.4) is 0 Å². The van der Waals surface area contributed by atoms with Crippen molar-refractivity contribution in [1.29, 1.82) is 0 Å². The highest BCUT2D eigenvalue weighted by Crippen LogP contribution is 2.13. The molecule has 0 bridgehead atoms. The number of rotatable bonds is 3. The number of aryl methyl sites for hydroxylation is 2. The van der Waals surface area contributed by atoms with Crippen LogP contribution in [-0.2, 0) is 7.05 Å². The number of aromatic nitrogens is 4. The summed E-state index contributed by atoms with van der Waals surface area (Å²) in [5.74, 6) is 0.335. The number of hydrogen-bond donors (Lipinski definition) is 0. The number of ketones is 1. The highest BCUT2D eigenvalue weighted by molar-refractivity contribution is 6.06. The van der Waals surface area contributed by atoms with Crippen LogP contribution in [0.5, 0.6) is 0 Å². The largest absolute Gasteiger partial charge is 0.331 e. The highest BCUT2D eigenvalue weighted by atomic mass is 16.1. The van der Waals surface area contributed by atoms with Gasteiger partial charge < -0.3 is 4.57 Å². The van der Waals surface area contributed by atoms with Gasteiger partial charge in [0.05, 0.1) is 11.9 Å². The van der Waals surface area contributed by atoms with Crippen LogP contribution in [0.15, 0.2) is 49.1 Å². The van der Waals surface area contributed by atoms with Crippen molar-refractivity contribution in [2.24, 2.45) is 7.05 Å². The molecule has 0 aliphatic rings. The average Bonchev–Trinajstić information content (AvgIpc) is 3.07. The third kappa shape index (κ3) is 2.14. The van der Waals surface area contributed by atoms with E-state index in [2.05, 4.69) is 10.1 Å². The van der Waals surface area contributed by atoms with E-state index in [1.54, 1.807) is 41.0 Å². The molecule has 5 heteroatoms. The van der Waals surface area contributed by atoms with Crippen LogP contribution in [0.4, 0.5) is 0 Å². The quantitative estimate of drug-likeness (QED) is 0.682. The summed E-state index contributed by atoms with van der Waals surface area (Å²) in [6.07, 6.45) is 7.08. The predicted molar refractivity (Wildman–Crippen MR) is 74.9 cm³/mol. The summed E-state index contributed by atoms with van der Waals surface area (Å²) in [6, 6.07) is 7.38. The third-order valence-electron chi connectivity index (χ3n) is 3.11. The maximum Gasteiger partial charge on any atom is 0.228 e. The maximum atomic E-state index is 12.4. The Bertz CT molecular complexity index is 770.